The molecule has 6 heteroatoms. The normalized spacial score (nSPS) is 10.9. The van der Waals surface area contributed by atoms with E-state index in [-0.39, 0.29) is 18.0 Å². The summed E-state index contributed by atoms with van der Waals surface area (Å²) in [4.78, 5) is 28.8. The van der Waals surface area contributed by atoms with Crippen molar-refractivity contribution in [1.82, 2.24) is 9.55 Å². The third-order valence-electron chi connectivity index (χ3n) is 3.77. The molecule has 0 aliphatic carbocycles. The van der Waals surface area contributed by atoms with Crippen molar-refractivity contribution in [3.05, 3.63) is 57.8 Å². The maximum Gasteiger partial charge on any atom is 0.265 e. The van der Waals surface area contributed by atoms with Gasteiger partial charge in [-0.15, -0.1) is 0 Å². The fraction of sp³-hybridized carbons (Fsp3) is 0.235. The number of carbonyl (C=O) groups is 1. The van der Waals surface area contributed by atoms with E-state index in [4.69, 9.17) is 4.42 Å². The highest BCUT2D eigenvalue weighted by atomic mass is 16.3. The summed E-state index contributed by atoms with van der Waals surface area (Å²) in [5.74, 6) is 0.378. The molecule has 0 aliphatic heterocycles. The Morgan fingerprint density at radius 1 is 1.30 bits per heavy atom. The molecule has 0 atom stereocenters. The fourth-order valence-corrected chi connectivity index (χ4v) is 2.46. The first-order valence-corrected chi connectivity index (χ1v) is 7.27. The van der Waals surface area contributed by atoms with E-state index in [1.807, 2.05) is 25.1 Å². The van der Waals surface area contributed by atoms with Crippen molar-refractivity contribution in [1.29, 1.82) is 0 Å². The first-order valence-electron chi connectivity index (χ1n) is 7.27. The van der Waals surface area contributed by atoms with E-state index in [2.05, 4.69) is 10.3 Å². The second kappa shape index (κ2) is 5.72. The van der Waals surface area contributed by atoms with E-state index in [0.29, 0.717) is 22.5 Å². The molecule has 0 saturated carbocycles. The maximum absolute atomic E-state index is 12.5. The molecule has 2 aromatic heterocycles. The molecule has 0 aliphatic rings. The molecular weight excluding hydrogens is 294 g/mol. The largest absolute Gasteiger partial charge is 0.443 e. The van der Waals surface area contributed by atoms with Crippen LogP contribution in [0.3, 0.4) is 0 Å². The zero-order valence-corrected chi connectivity index (χ0v) is 13.2. The topological polar surface area (TPSA) is 77.1 Å². The maximum atomic E-state index is 12.5. The minimum absolute atomic E-state index is 0.0978. The molecule has 0 spiro atoms. The molecule has 0 saturated heterocycles. The molecule has 6 nitrogen and oxygen atoms in total. The van der Waals surface area contributed by atoms with Crippen molar-refractivity contribution < 1.29 is 9.21 Å². The Balaban J connectivity index is 1.86. The second-order valence-corrected chi connectivity index (χ2v) is 5.56. The van der Waals surface area contributed by atoms with E-state index in [0.717, 1.165) is 11.1 Å². The van der Waals surface area contributed by atoms with Crippen LogP contribution in [0, 0.1) is 20.8 Å². The zero-order valence-electron chi connectivity index (χ0n) is 13.2. The van der Waals surface area contributed by atoms with Crippen LogP contribution >= 0.6 is 0 Å². The lowest BCUT2D eigenvalue weighted by Crippen LogP contribution is -2.27. The number of hydrogen-bond donors (Lipinski definition) is 1. The Hall–Kier alpha value is -2.89. The molecule has 118 valence electrons. The molecule has 2 heterocycles. The minimum atomic E-state index is -0.281. The number of carbonyl (C=O) groups excluding carboxylic acids is 1. The summed E-state index contributed by atoms with van der Waals surface area (Å²) < 4.78 is 6.71. The number of hydrogen-bond acceptors (Lipinski definition) is 4. The van der Waals surface area contributed by atoms with Crippen LogP contribution in [0.5, 0.6) is 0 Å². The van der Waals surface area contributed by atoms with Gasteiger partial charge < -0.3 is 9.73 Å². The van der Waals surface area contributed by atoms with Gasteiger partial charge in [-0.05, 0) is 38.5 Å². The second-order valence-electron chi connectivity index (χ2n) is 5.56. The van der Waals surface area contributed by atoms with Gasteiger partial charge >= 0.3 is 0 Å². The Labute approximate surface area is 132 Å². The van der Waals surface area contributed by atoms with Crippen LogP contribution in [0.25, 0.3) is 11.1 Å². The van der Waals surface area contributed by atoms with Crippen LogP contribution in [0.2, 0.25) is 0 Å². The van der Waals surface area contributed by atoms with Gasteiger partial charge in [0.05, 0.1) is 0 Å². The van der Waals surface area contributed by atoms with E-state index >= 15 is 0 Å². The SMILES string of the molecule is Cc1cccc(NC(=O)Cn2cnc3oc(C)c(C)c3c2=O)c1. The fourth-order valence-electron chi connectivity index (χ4n) is 2.46. The van der Waals surface area contributed by atoms with Crippen LogP contribution in [0.4, 0.5) is 5.69 Å². The molecule has 0 bridgehead atoms. The van der Waals surface area contributed by atoms with Crippen molar-refractivity contribution in [3.8, 4) is 0 Å². The van der Waals surface area contributed by atoms with E-state index in [1.165, 1.54) is 10.9 Å². The van der Waals surface area contributed by atoms with Crippen LogP contribution < -0.4 is 10.9 Å². The molecule has 0 unspecified atom stereocenters. The summed E-state index contributed by atoms with van der Waals surface area (Å²) in [7, 11) is 0. The quantitative estimate of drug-likeness (QED) is 0.806. The molecule has 3 rings (SSSR count). The van der Waals surface area contributed by atoms with Crippen molar-refractivity contribution >= 4 is 22.7 Å². The smallest absolute Gasteiger partial charge is 0.265 e. The van der Waals surface area contributed by atoms with Gasteiger partial charge in [-0.1, -0.05) is 12.1 Å². The number of nitrogens with one attached hydrogen (secondary N) is 1. The number of aromatic nitrogens is 2. The Morgan fingerprint density at radius 2 is 2.09 bits per heavy atom. The molecule has 1 aromatic carbocycles. The molecule has 3 aromatic rings. The van der Waals surface area contributed by atoms with Gasteiger partial charge in [0.25, 0.3) is 5.56 Å². The lowest BCUT2D eigenvalue weighted by Gasteiger charge is -2.07. The van der Waals surface area contributed by atoms with Crippen LogP contribution in [0.15, 0.2) is 39.8 Å². The molecule has 1 N–H and O–H groups in total. The summed E-state index contributed by atoms with van der Waals surface area (Å²) >= 11 is 0. The van der Waals surface area contributed by atoms with Crippen LogP contribution in [-0.2, 0) is 11.3 Å². The Bertz CT molecular complexity index is 953. The monoisotopic (exact) mass is 311 g/mol. The summed E-state index contributed by atoms with van der Waals surface area (Å²) in [6, 6.07) is 7.48. The molecular formula is C17H17N3O3. The predicted octanol–water partition coefficient (Wildman–Crippen LogP) is 2.55. The number of benzene rings is 1. The first-order chi connectivity index (χ1) is 11.0. The molecule has 0 radical (unpaired) electrons. The summed E-state index contributed by atoms with van der Waals surface area (Å²) in [6.07, 6.45) is 1.34. The van der Waals surface area contributed by atoms with Crippen molar-refractivity contribution in [3.63, 3.8) is 0 Å². The van der Waals surface area contributed by atoms with Crippen molar-refractivity contribution in [2.24, 2.45) is 0 Å². The lowest BCUT2D eigenvalue weighted by molar-refractivity contribution is -0.116. The van der Waals surface area contributed by atoms with E-state index in [9.17, 15) is 9.59 Å². The van der Waals surface area contributed by atoms with Gasteiger partial charge in [0.2, 0.25) is 11.6 Å². The Kier molecular flexibility index (Phi) is 3.73. The summed E-state index contributed by atoms with van der Waals surface area (Å²) in [6.45, 7) is 5.44. The minimum Gasteiger partial charge on any atom is -0.443 e. The Morgan fingerprint density at radius 3 is 2.83 bits per heavy atom. The highest BCUT2D eigenvalue weighted by molar-refractivity contribution is 5.90. The van der Waals surface area contributed by atoms with E-state index in [1.54, 1.807) is 19.9 Å². The third kappa shape index (κ3) is 2.88. The number of nitrogens with zero attached hydrogens (tertiary/aromatic N) is 2. The van der Waals surface area contributed by atoms with Gasteiger partial charge in [-0.3, -0.25) is 14.2 Å². The molecule has 0 fully saturated rings. The van der Waals surface area contributed by atoms with Crippen molar-refractivity contribution in [2.75, 3.05) is 5.32 Å². The number of furan rings is 1. The van der Waals surface area contributed by atoms with E-state index < -0.39 is 0 Å². The van der Waals surface area contributed by atoms with Gasteiger partial charge in [0, 0.05) is 11.3 Å². The summed E-state index contributed by atoms with van der Waals surface area (Å²) in [5, 5.41) is 3.20. The number of fused-ring (bicyclic) bond motifs is 1. The number of anilines is 1. The standard InChI is InChI=1S/C17H17N3O3/c1-10-5-4-6-13(7-10)19-14(21)8-20-9-18-16-15(17(20)22)11(2)12(3)23-16/h4-7,9H,8H2,1-3H3,(H,19,21). The van der Waals surface area contributed by atoms with Gasteiger partial charge in [-0.2, -0.15) is 0 Å². The van der Waals surface area contributed by atoms with Gasteiger partial charge in [0.15, 0.2) is 0 Å². The molecule has 1 amide bonds. The molecule has 23 heavy (non-hydrogen) atoms. The van der Waals surface area contributed by atoms with Crippen LogP contribution in [0.1, 0.15) is 16.9 Å². The number of aryl methyl sites for hydroxylation is 3. The average molecular weight is 311 g/mol. The average Bonchev–Trinajstić information content (AvgIpc) is 2.78. The highest BCUT2D eigenvalue weighted by Crippen LogP contribution is 2.19. The number of rotatable bonds is 3. The lowest BCUT2D eigenvalue weighted by atomic mass is 10.2. The van der Waals surface area contributed by atoms with Gasteiger partial charge in [-0.25, -0.2) is 4.98 Å². The van der Waals surface area contributed by atoms with Crippen molar-refractivity contribution in [2.45, 2.75) is 27.3 Å². The zero-order chi connectivity index (χ0) is 16.6. The first kappa shape index (κ1) is 15.0. The summed E-state index contributed by atoms with van der Waals surface area (Å²) in [5.41, 5.74) is 2.54. The highest BCUT2D eigenvalue weighted by Gasteiger charge is 2.15. The number of amides is 1. The third-order valence-corrected chi connectivity index (χ3v) is 3.77. The van der Waals surface area contributed by atoms with Gasteiger partial charge in [0.1, 0.15) is 24.0 Å². The van der Waals surface area contributed by atoms with Crippen LogP contribution in [-0.4, -0.2) is 15.5 Å². The predicted molar refractivity (Wildman–Crippen MR) is 87.6 cm³/mol.